The lowest BCUT2D eigenvalue weighted by molar-refractivity contribution is -0.119. The molecule has 228 valence electrons. The number of anilines is 1. The Kier molecular flexibility index (Phi) is 10.0. The van der Waals surface area contributed by atoms with E-state index in [0.717, 1.165) is 11.1 Å². The van der Waals surface area contributed by atoms with Crippen molar-refractivity contribution in [2.75, 3.05) is 5.32 Å². The number of aromatic nitrogens is 2. The zero-order valence-corrected chi connectivity index (χ0v) is 26.0. The number of aryl methyl sites for hydroxylation is 1. The molecule has 1 amide bonds. The summed E-state index contributed by atoms with van der Waals surface area (Å²) in [5.41, 5.74) is 3.85. The normalized spacial score (nSPS) is 11.8. The Balaban J connectivity index is 1.89. The molecule has 8 heteroatoms. The monoisotopic (exact) mass is 595 g/mol. The number of carbonyl (C=O) groups is 3. The minimum absolute atomic E-state index is 0.0360. The number of carbonyl (C=O) groups excluding carboxylic acids is 3. The van der Waals surface area contributed by atoms with Crippen molar-refractivity contribution in [3.8, 4) is 11.4 Å². The van der Waals surface area contributed by atoms with Crippen LogP contribution < -0.4 is 10.9 Å². The Bertz CT molecular complexity index is 1770. The van der Waals surface area contributed by atoms with Gasteiger partial charge in [-0.25, -0.2) is 9.37 Å². The van der Waals surface area contributed by atoms with Crippen LogP contribution in [0.25, 0.3) is 11.4 Å². The molecule has 1 aromatic heterocycles. The molecule has 1 N–H and O–H groups in total. The molecule has 0 saturated carbocycles. The number of halogens is 1. The lowest BCUT2D eigenvalue weighted by atomic mass is 9.94. The van der Waals surface area contributed by atoms with Crippen LogP contribution in [0.2, 0.25) is 0 Å². The first-order valence-corrected chi connectivity index (χ1v) is 14.9. The van der Waals surface area contributed by atoms with E-state index in [1.807, 2.05) is 45.9 Å². The number of Topliss-reactive ketones (excluding diaryl/α,β-unsaturated/α-hetero) is 1. The summed E-state index contributed by atoms with van der Waals surface area (Å²) in [6, 6.07) is 16.2. The number of hydrogen-bond donors (Lipinski definition) is 1. The second-order valence-corrected chi connectivity index (χ2v) is 11.4. The summed E-state index contributed by atoms with van der Waals surface area (Å²) in [6.45, 7) is 11.4. The van der Waals surface area contributed by atoms with Crippen LogP contribution in [0.15, 0.2) is 71.7 Å². The van der Waals surface area contributed by atoms with Crippen LogP contribution in [0.3, 0.4) is 0 Å². The van der Waals surface area contributed by atoms with E-state index < -0.39 is 11.4 Å². The molecule has 4 aromatic rings. The first-order chi connectivity index (χ1) is 20.9. The summed E-state index contributed by atoms with van der Waals surface area (Å²) in [7, 11) is 0. The summed E-state index contributed by atoms with van der Waals surface area (Å²) >= 11 is 0. The molecule has 0 unspecified atom stereocenters. The first-order valence-electron chi connectivity index (χ1n) is 14.9. The van der Waals surface area contributed by atoms with Crippen LogP contribution in [-0.4, -0.2) is 27.0 Å². The predicted octanol–water partition coefficient (Wildman–Crippen LogP) is 7.34. The Labute approximate surface area is 257 Å². The molecule has 0 aliphatic rings. The van der Waals surface area contributed by atoms with Crippen LogP contribution >= 0.6 is 0 Å². The molecule has 0 fully saturated rings. The van der Waals surface area contributed by atoms with Gasteiger partial charge in [0, 0.05) is 34.6 Å². The van der Waals surface area contributed by atoms with E-state index in [1.165, 1.54) is 35.0 Å². The van der Waals surface area contributed by atoms with Gasteiger partial charge in [-0.1, -0.05) is 52.8 Å². The minimum atomic E-state index is -0.459. The summed E-state index contributed by atoms with van der Waals surface area (Å²) in [6.07, 6.45) is 2.29. The van der Waals surface area contributed by atoms with E-state index in [1.54, 1.807) is 32.0 Å². The Hall–Kier alpha value is -4.72. The van der Waals surface area contributed by atoms with Gasteiger partial charge >= 0.3 is 0 Å². The van der Waals surface area contributed by atoms with Gasteiger partial charge in [0.2, 0.25) is 5.91 Å². The van der Waals surface area contributed by atoms with Crippen LogP contribution in [0.5, 0.6) is 0 Å². The first kappa shape index (κ1) is 32.2. The molecule has 1 heterocycles. The largest absolute Gasteiger partial charge is 0.320 e. The molecule has 0 spiro atoms. The van der Waals surface area contributed by atoms with Gasteiger partial charge in [0.1, 0.15) is 17.3 Å². The van der Waals surface area contributed by atoms with Crippen molar-refractivity contribution in [2.45, 2.75) is 66.8 Å². The molecule has 0 radical (unpaired) electrons. The molecular formula is C36H38FN3O4. The fraction of sp³-hybridized carbons (Fsp3) is 0.306. The molecule has 44 heavy (non-hydrogen) atoms. The van der Waals surface area contributed by atoms with Crippen LogP contribution in [0, 0.1) is 18.7 Å². The molecule has 1 atom stereocenters. The Morgan fingerprint density at radius 1 is 0.909 bits per heavy atom. The van der Waals surface area contributed by atoms with Crippen molar-refractivity contribution in [2.24, 2.45) is 5.92 Å². The fourth-order valence-corrected chi connectivity index (χ4v) is 4.85. The number of hydrogen-bond acceptors (Lipinski definition) is 5. The smallest absolute Gasteiger partial charge is 0.277 e. The van der Waals surface area contributed by atoms with Gasteiger partial charge in [0.25, 0.3) is 5.56 Å². The third-order valence-corrected chi connectivity index (χ3v) is 7.88. The Morgan fingerprint density at radius 2 is 1.59 bits per heavy atom. The molecular weight excluding hydrogens is 557 g/mol. The van der Waals surface area contributed by atoms with Gasteiger partial charge in [-0.15, -0.1) is 0 Å². The standard InChI is InChI=1S/C36H38FN3O4/c1-7-22(5)35(43)39-31-19-38-34(30-18-26(32(41)8-2)10-9-23(30)6)40(36(31)44)20-24-15-27(21(3)4)17-28(16-24)33(42)25-11-13-29(37)14-12-25/h9-19,21-22H,7-8,20H2,1-6H3,(H,39,43)/t22-/m1/s1. The highest BCUT2D eigenvalue weighted by atomic mass is 19.1. The van der Waals surface area contributed by atoms with E-state index >= 15 is 0 Å². The molecule has 0 saturated heterocycles. The van der Waals surface area contributed by atoms with Crippen molar-refractivity contribution in [3.05, 3.63) is 116 Å². The summed E-state index contributed by atoms with van der Waals surface area (Å²) in [4.78, 5) is 57.4. The average molecular weight is 596 g/mol. The molecule has 0 aliphatic heterocycles. The van der Waals surface area contributed by atoms with Gasteiger partial charge in [0.15, 0.2) is 11.6 Å². The molecule has 3 aromatic carbocycles. The van der Waals surface area contributed by atoms with Crippen molar-refractivity contribution in [1.82, 2.24) is 9.55 Å². The summed E-state index contributed by atoms with van der Waals surface area (Å²) in [5.74, 6) is -0.916. The van der Waals surface area contributed by atoms with Gasteiger partial charge in [-0.05, 0) is 78.4 Å². The summed E-state index contributed by atoms with van der Waals surface area (Å²) in [5, 5.41) is 2.73. The molecule has 7 nitrogen and oxygen atoms in total. The quantitative estimate of drug-likeness (QED) is 0.183. The number of nitrogens with zero attached hydrogens (tertiary/aromatic N) is 2. The van der Waals surface area contributed by atoms with E-state index in [2.05, 4.69) is 10.3 Å². The van der Waals surface area contributed by atoms with Crippen LogP contribution in [0.1, 0.15) is 96.3 Å². The fourth-order valence-electron chi connectivity index (χ4n) is 4.85. The predicted molar refractivity (Wildman–Crippen MR) is 171 cm³/mol. The number of ketones is 2. The highest BCUT2D eigenvalue weighted by Crippen LogP contribution is 2.26. The third-order valence-electron chi connectivity index (χ3n) is 7.88. The lowest BCUT2D eigenvalue weighted by Gasteiger charge is -2.18. The lowest BCUT2D eigenvalue weighted by Crippen LogP contribution is -2.30. The zero-order chi connectivity index (χ0) is 32.1. The van der Waals surface area contributed by atoms with Crippen LogP contribution in [-0.2, 0) is 11.3 Å². The Morgan fingerprint density at radius 3 is 2.23 bits per heavy atom. The van der Waals surface area contributed by atoms with Crippen LogP contribution in [0.4, 0.5) is 10.1 Å². The maximum atomic E-state index is 14.0. The summed E-state index contributed by atoms with van der Waals surface area (Å²) < 4.78 is 15.0. The molecule has 0 bridgehead atoms. The second-order valence-electron chi connectivity index (χ2n) is 11.4. The van der Waals surface area contributed by atoms with Gasteiger partial charge in [-0.2, -0.15) is 0 Å². The van der Waals surface area contributed by atoms with E-state index in [9.17, 15) is 23.6 Å². The zero-order valence-electron chi connectivity index (χ0n) is 26.0. The van der Waals surface area contributed by atoms with Gasteiger partial charge in [-0.3, -0.25) is 23.7 Å². The number of nitrogens with one attached hydrogen (secondary N) is 1. The maximum Gasteiger partial charge on any atom is 0.277 e. The third kappa shape index (κ3) is 7.08. The minimum Gasteiger partial charge on any atom is -0.320 e. The maximum absolute atomic E-state index is 14.0. The molecule has 0 aliphatic carbocycles. The van der Waals surface area contributed by atoms with Crippen molar-refractivity contribution in [3.63, 3.8) is 0 Å². The SMILES string of the molecule is CCC(=O)c1ccc(C)c(-c2ncc(NC(=O)[C@H](C)CC)c(=O)n2Cc2cc(C(=O)c3ccc(F)cc3)cc(C(C)C)c2)c1. The van der Waals surface area contributed by atoms with Crippen molar-refractivity contribution < 1.29 is 18.8 Å². The molecule has 4 rings (SSSR count). The van der Waals surface area contributed by atoms with E-state index in [0.29, 0.717) is 46.5 Å². The van der Waals surface area contributed by atoms with E-state index in [-0.39, 0.29) is 41.5 Å². The van der Waals surface area contributed by atoms with Gasteiger partial charge in [0.05, 0.1) is 12.7 Å². The number of rotatable bonds is 11. The highest BCUT2D eigenvalue weighted by molar-refractivity contribution is 6.09. The van der Waals surface area contributed by atoms with E-state index in [4.69, 9.17) is 0 Å². The average Bonchev–Trinajstić information content (AvgIpc) is 3.02. The highest BCUT2D eigenvalue weighted by Gasteiger charge is 2.20. The topological polar surface area (TPSA) is 98.1 Å². The number of amides is 1. The van der Waals surface area contributed by atoms with Crippen molar-refractivity contribution in [1.29, 1.82) is 0 Å². The van der Waals surface area contributed by atoms with Crippen molar-refractivity contribution >= 4 is 23.2 Å². The second kappa shape index (κ2) is 13.7. The van der Waals surface area contributed by atoms with Gasteiger partial charge < -0.3 is 5.32 Å². The number of benzene rings is 3.